The Morgan fingerprint density at radius 2 is 1.22 bits per heavy atom. The quantitative estimate of drug-likeness (QED) is 0.168. The number of amides is 2. The largest absolute Gasteiger partial charge is 0.508 e. The Morgan fingerprint density at radius 3 is 1.75 bits per heavy atom. The normalized spacial score (nSPS) is 30.6. The molecule has 13 N–H and O–H groups in total. The molecule has 0 radical (unpaired) electrons. The Hall–Kier alpha value is -6.84. The van der Waals surface area contributed by atoms with Crippen molar-refractivity contribution in [1.82, 2.24) is 9.80 Å². The van der Waals surface area contributed by atoms with Gasteiger partial charge in [-0.2, -0.15) is 0 Å². The van der Waals surface area contributed by atoms with E-state index in [0.29, 0.717) is 5.56 Å². The molecule has 20 heteroatoms. The first-order chi connectivity index (χ1) is 30.2. The zero-order valence-corrected chi connectivity index (χ0v) is 36.0. The number of aromatic hydroxyl groups is 2. The standard InChI is InChI=1S/C23H27N3O7.C22H22N2O8/c1-25(2)12-5-6-13(27)15-10(12)7-9-8-11-17(26(3)4)19(29)16(22(24)32)21(31)23(11,33)20(30)14(9)18(15)28;1-7-8-5-4-6-9(25)11(8)16(26)12-10(7)17(27)14-15(24(2)3)18(28)13(21(23)31)20(30)22(14,32)19(12)29/h5-6,9,11,17,27-28,31,33H,7-8H2,1-4H3,(H2,24,32);4-6,10,14-15,17,25-27,30,32H,1H2,2-3H3,(H2,23,31)/t9-,11-,17-,23-;10-,14-,15+,17+,22+/m01/s1. The average Bonchev–Trinajstić information content (AvgIpc) is 3.20. The number of benzene rings is 2. The first kappa shape index (κ1) is 46.2. The molecule has 0 heterocycles. The Balaban J connectivity index is 0.000000194. The van der Waals surface area contributed by atoms with Gasteiger partial charge in [-0.1, -0.05) is 18.7 Å². The first-order valence-corrected chi connectivity index (χ1v) is 20.2. The number of primary amides is 2. The number of phenolic OH excluding ortho intramolecular Hbond substituents is 2. The summed E-state index contributed by atoms with van der Waals surface area (Å²) in [5.41, 5.74) is 4.31. The second-order valence-electron chi connectivity index (χ2n) is 17.8. The molecule has 2 amide bonds. The van der Waals surface area contributed by atoms with Crippen LogP contribution >= 0.6 is 0 Å². The molecular formula is C45H49N5O15. The van der Waals surface area contributed by atoms with Crippen LogP contribution in [0.15, 0.2) is 70.7 Å². The highest BCUT2D eigenvalue weighted by molar-refractivity contribution is 6.26. The van der Waals surface area contributed by atoms with Crippen LogP contribution in [-0.4, -0.2) is 162 Å². The predicted molar refractivity (Wildman–Crippen MR) is 230 cm³/mol. The van der Waals surface area contributed by atoms with E-state index in [1.807, 2.05) is 19.0 Å². The van der Waals surface area contributed by atoms with Gasteiger partial charge in [-0.3, -0.25) is 38.6 Å². The van der Waals surface area contributed by atoms with E-state index in [-0.39, 0.29) is 52.2 Å². The summed E-state index contributed by atoms with van der Waals surface area (Å²) >= 11 is 0. The zero-order chi connectivity index (χ0) is 48.4. The van der Waals surface area contributed by atoms with Crippen LogP contribution in [0.25, 0.3) is 17.1 Å². The number of likely N-dealkylation sites (N-methyl/N-ethyl adjacent to an activating group) is 2. The second-order valence-corrected chi connectivity index (χ2v) is 17.8. The number of ketones is 4. The van der Waals surface area contributed by atoms with Crippen molar-refractivity contribution in [2.45, 2.75) is 42.2 Å². The lowest BCUT2D eigenvalue weighted by atomic mass is 9.55. The van der Waals surface area contributed by atoms with Crippen molar-refractivity contribution in [3.05, 3.63) is 93.0 Å². The van der Waals surface area contributed by atoms with Crippen molar-refractivity contribution < 1.29 is 74.7 Å². The van der Waals surface area contributed by atoms with E-state index in [2.05, 4.69) is 6.58 Å². The fourth-order valence-electron chi connectivity index (χ4n) is 10.9. The molecule has 0 saturated heterocycles. The van der Waals surface area contributed by atoms with Crippen molar-refractivity contribution in [3.63, 3.8) is 0 Å². The minimum atomic E-state index is -2.94. The van der Waals surface area contributed by atoms with Gasteiger partial charge in [0.25, 0.3) is 11.8 Å². The van der Waals surface area contributed by atoms with Gasteiger partial charge in [-0.15, -0.1) is 0 Å². The number of hydrogen-bond donors (Lipinski definition) is 11. The fourth-order valence-corrected chi connectivity index (χ4v) is 10.9. The third kappa shape index (κ3) is 6.15. The average molecular weight is 900 g/mol. The Morgan fingerprint density at radius 1 is 0.708 bits per heavy atom. The molecule has 65 heavy (non-hydrogen) atoms. The summed E-state index contributed by atoms with van der Waals surface area (Å²) < 4.78 is 0. The van der Waals surface area contributed by atoms with Gasteiger partial charge in [0.2, 0.25) is 11.6 Å². The van der Waals surface area contributed by atoms with Crippen LogP contribution in [0, 0.1) is 23.7 Å². The highest BCUT2D eigenvalue weighted by Gasteiger charge is 2.68. The summed E-state index contributed by atoms with van der Waals surface area (Å²) in [6, 6.07) is 4.90. The van der Waals surface area contributed by atoms with Crippen LogP contribution in [0.4, 0.5) is 5.69 Å². The lowest BCUT2D eigenvalue weighted by molar-refractivity contribution is -0.166. The summed E-state index contributed by atoms with van der Waals surface area (Å²) in [6.07, 6.45) is -1.36. The molecule has 2 aromatic rings. The molecule has 2 saturated carbocycles. The molecular weight excluding hydrogens is 851 g/mol. The lowest BCUT2D eigenvalue weighted by Crippen LogP contribution is -2.70. The topological polar surface area (TPSA) is 346 Å². The molecule has 9 atom stereocenters. The van der Waals surface area contributed by atoms with E-state index in [0.717, 1.165) is 5.69 Å². The minimum absolute atomic E-state index is 0.0638. The third-order valence-corrected chi connectivity index (χ3v) is 13.7. The summed E-state index contributed by atoms with van der Waals surface area (Å²) in [5.74, 6) is -15.3. The summed E-state index contributed by atoms with van der Waals surface area (Å²) in [6.45, 7) is 3.91. The first-order valence-electron chi connectivity index (χ1n) is 20.2. The van der Waals surface area contributed by atoms with Crippen LogP contribution in [0.2, 0.25) is 0 Å². The number of aliphatic hydroxyl groups is 7. The van der Waals surface area contributed by atoms with Gasteiger partial charge in [-0.05, 0) is 81.8 Å². The molecule has 344 valence electrons. The van der Waals surface area contributed by atoms with Gasteiger partial charge < -0.3 is 62.3 Å². The molecule has 6 aliphatic rings. The van der Waals surface area contributed by atoms with Gasteiger partial charge in [-0.25, -0.2) is 0 Å². The third-order valence-electron chi connectivity index (χ3n) is 13.7. The molecule has 8 rings (SSSR count). The number of Topliss-reactive ketones (excluding diaryl/α,β-unsaturated/α-hetero) is 4. The number of carbonyl (C=O) groups excluding carboxylic acids is 6. The Bertz CT molecular complexity index is 2710. The van der Waals surface area contributed by atoms with Crippen LogP contribution < -0.4 is 16.4 Å². The van der Waals surface area contributed by atoms with Crippen molar-refractivity contribution in [3.8, 4) is 11.5 Å². The molecule has 20 nitrogen and oxygen atoms in total. The van der Waals surface area contributed by atoms with Crippen LogP contribution in [0.3, 0.4) is 0 Å². The lowest BCUT2D eigenvalue weighted by Gasteiger charge is -2.52. The molecule has 2 aromatic carbocycles. The maximum Gasteiger partial charge on any atom is 0.255 e. The van der Waals surface area contributed by atoms with E-state index in [1.165, 1.54) is 48.2 Å². The molecule has 0 spiro atoms. The maximum atomic E-state index is 13.7. The predicted octanol–water partition coefficient (Wildman–Crippen LogP) is -0.564. The van der Waals surface area contributed by atoms with Crippen LogP contribution in [0.1, 0.15) is 28.7 Å². The number of fused-ring (bicyclic) bond motifs is 6. The molecule has 2 fully saturated rings. The number of hydrogen-bond acceptors (Lipinski definition) is 18. The summed E-state index contributed by atoms with van der Waals surface area (Å²) in [7, 11) is 9.62. The van der Waals surface area contributed by atoms with Gasteiger partial charge in [0, 0.05) is 37.2 Å². The Labute approximate surface area is 370 Å². The van der Waals surface area contributed by atoms with Crippen LogP contribution in [0.5, 0.6) is 11.5 Å². The van der Waals surface area contributed by atoms with Crippen molar-refractivity contribution in [1.29, 1.82) is 0 Å². The number of carbonyl (C=O) groups is 6. The van der Waals surface area contributed by atoms with Gasteiger partial charge >= 0.3 is 0 Å². The molecule has 0 unspecified atom stereocenters. The van der Waals surface area contributed by atoms with Gasteiger partial charge in [0.15, 0.2) is 22.8 Å². The SMILES string of the molecule is C=C1c2cccc(O)c2C(O)=C2C(=O)[C@]3(O)C(O)=C(C(N)=O)C(=O)[C@@H](N(C)C)[C@@H]3[C@@H](O)[C@H]12.CN(C)c1ccc(O)c2c1C[C@H]1C[C@H]3[C@H](N(C)C)C(=O)C(C(N)=O)=C(O)[C@@]3(O)C(=O)C1=C2O. The highest BCUT2D eigenvalue weighted by atomic mass is 16.4. The minimum Gasteiger partial charge on any atom is -0.508 e. The molecule has 0 bridgehead atoms. The molecule has 6 aliphatic carbocycles. The summed E-state index contributed by atoms with van der Waals surface area (Å²) in [5, 5.41) is 98.6. The molecule has 0 aliphatic heterocycles. The highest BCUT2D eigenvalue weighted by Crippen LogP contribution is 2.56. The van der Waals surface area contributed by atoms with E-state index in [9.17, 15) is 74.7 Å². The monoisotopic (exact) mass is 899 g/mol. The fraction of sp³-hybridized carbons (Fsp3) is 0.378. The molecule has 0 aromatic heterocycles. The van der Waals surface area contributed by atoms with Gasteiger partial charge in [0.1, 0.15) is 45.7 Å². The van der Waals surface area contributed by atoms with Crippen molar-refractivity contribution >= 4 is 57.7 Å². The number of rotatable bonds is 5. The van der Waals surface area contributed by atoms with E-state index < -0.39 is 128 Å². The van der Waals surface area contributed by atoms with Crippen molar-refractivity contribution in [2.24, 2.45) is 35.1 Å². The summed E-state index contributed by atoms with van der Waals surface area (Å²) in [4.78, 5) is 81.8. The van der Waals surface area contributed by atoms with E-state index in [1.54, 1.807) is 20.2 Å². The van der Waals surface area contributed by atoms with Crippen LogP contribution in [-0.2, 0) is 35.2 Å². The number of nitrogens with zero attached hydrogens (tertiary/aromatic N) is 3. The smallest absolute Gasteiger partial charge is 0.255 e. The maximum absolute atomic E-state index is 13.7. The number of nitrogens with two attached hydrogens (primary N) is 2. The second kappa shape index (κ2) is 15.4. The van der Waals surface area contributed by atoms with E-state index >= 15 is 0 Å². The number of anilines is 1. The number of phenols is 2. The number of aliphatic hydroxyl groups excluding tert-OH is 5. The van der Waals surface area contributed by atoms with Gasteiger partial charge in [0.05, 0.1) is 40.8 Å². The van der Waals surface area contributed by atoms with Crippen molar-refractivity contribution in [2.75, 3.05) is 47.2 Å². The Kier molecular flexibility index (Phi) is 10.9. The zero-order valence-electron chi connectivity index (χ0n) is 36.0. The van der Waals surface area contributed by atoms with E-state index in [4.69, 9.17) is 11.5 Å².